The highest BCUT2D eigenvalue weighted by Gasteiger charge is 2.11. The summed E-state index contributed by atoms with van der Waals surface area (Å²) < 4.78 is 7.17. The molecule has 130 valence electrons. The van der Waals surface area contributed by atoms with Crippen molar-refractivity contribution in [3.63, 3.8) is 0 Å². The summed E-state index contributed by atoms with van der Waals surface area (Å²) in [5.74, 6) is 0.258. The first kappa shape index (κ1) is 16.9. The number of ether oxygens (including phenoxy) is 1. The third kappa shape index (κ3) is 3.95. The minimum atomic E-state index is -0.353. The lowest BCUT2D eigenvalue weighted by Gasteiger charge is -2.12. The van der Waals surface area contributed by atoms with Gasteiger partial charge in [-0.3, -0.25) is 4.79 Å². The van der Waals surface area contributed by atoms with Crippen LogP contribution in [0.2, 0.25) is 0 Å². The van der Waals surface area contributed by atoms with E-state index in [1.165, 1.54) is 19.5 Å². The summed E-state index contributed by atoms with van der Waals surface area (Å²) in [5.41, 5.74) is 1.79. The predicted octanol–water partition coefficient (Wildman–Crippen LogP) is 2.25. The van der Waals surface area contributed by atoms with Gasteiger partial charge in [0.2, 0.25) is 5.82 Å². The van der Waals surface area contributed by atoms with Crippen LogP contribution in [0.4, 0.5) is 5.69 Å². The molecule has 0 saturated heterocycles. The van der Waals surface area contributed by atoms with E-state index in [0.717, 1.165) is 24.0 Å². The van der Waals surface area contributed by atoms with E-state index in [-0.39, 0.29) is 11.7 Å². The van der Waals surface area contributed by atoms with Gasteiger partial charge in [0, 0.05) is 25.0 Å². The molecule has 0 saturated carbocycles. The van der Waals surface area contributed by atoms with Crippen LogP contribution >= 0.6 is 0 Å². The van der Waals surface area contributed by atoms with Crippen molar-refractivity contribution in [1.29, 1.82) is 0 Å². The number of anilines is 1. The van der Waals surface area contributed by atoms with Gasteiger partial charge >= 0.3 is 0 Å². The molecule has 0 spiro atoms. The average molecular weight is 339 g/mol. The van der Waals surface area contributed by atoms with E-state index >= 15 is 0 Å². The molecule has 0 unspecified atom stereocenters. The van der Waals surface area contributed by atoms with Crippen molar-refractivity contribution in [2.45, 2.75) is 6.54 Å². The minimum absolute atomic E-state index is 0.101. The van der Waals surface area contributed by atoms with Gasteiger partial charge in [0.05, 0.1) is 25.0 Å². The number of hydrogen-bond acceptors (Lipinski definition) is 5. The van der Waals surface area contributed by atoms with Gasteiger partial charge in [-0.05, 0) is 37.7 Å². The van der Waals surface area contributed by atoms with Crippen molar-refractivity contribution >= 4 is 22.5 Å². The molecule has 7 nitrogen and oxygen atoms in total. The molecule has 3 rings (SSSR count). The molecule has 0 aliphatic rings. The fourth-order valence-corrected chi connectivity index (χ4v) is 2.49. The molecular formula is C18H21N5O2. The summed E-state index contributed by atoms with van der Waals surface area (Å²) in [6.45, 7) is 1.83. The van der Waals surface area contributed by atoms with Crippen LogP contribution < -0.4 is 10.1 Å². The van der Waals surface area contributed by atoms with Crippen LogP contribution in [0.15, 0.2) is 42.9 Å². The first-order valence-electron chi connectivity index (χ1n) is 7.98. The zero-order valence-electron chi connectivity index (χ0n) is 14.6. The third-order valence-electron chi connectivity index (χ3n) is 3.89. The predicted molar refractivity (Wildman–Crippen MR) is 97.0 cm³/mol. The van der Waals surface area contributed by atoms with Crippen molar-refractivity contribution in [3.05, 3.63) is 48.7 Å². The quantitative estimate of drug-likeness (QED) is 0.746. The van der Waals surface area contributed by atoms with E-state index in [9.17, 15) is 4.79 Å². The molecule has 0 bridgehead atoms. The van der Waals surface area contributed by atoms with E-state index in [1.807, 2.05) is 32.3 Å². The Bertz CT molecular complexity index is 871. The molecule has 0 aliphatic heterocycles. The van der Waals surface area contributed by atoms with Crippen molar-refractivity contribution in [1.82, 2.24) is 19.4 Å². The molecule has 1 amide bonds. The zero-order chi connectivity index (χ0) is 17.8. The molecule has 0 radical (unpaired) electrons. The highest BCUT2D eigenvalue weighted by Crippen LogP contribution is 2.21. The number of aromatic nitrogens is 3. The number of fused-ring (bicyclic) bond motifs is 1. The maximum Gasteiger partial charge on any atom is 0.293 e. The summed E-state index contributed by atoms with van der Waals surface area (Å²) in [7, 11) is 5.62. The van der Waals surface area contributed by atoms with E-state index in [0.29, 0.717) is 11.4 Å². The molecule has 25 heavy (non-hydrogen) atoms. The van der Waals surface area contributed by atoms with E-state index in [4.69, 9.17) is 4.74 Å². The Morgan fingerprint density at radius 3 is 2.68 bits per heavy atom. The molecule has 0 aliphatic carbocycles. The number of methoxy groups -OCH3 is 1. The minimum Gasteiger partial charge on any atom is -0.494 e. The highest BCUT2D eigenvalue weighted by atomic mass is 16.5. The second kappa shape index (κ2) is 7.31. The molecule has 2 heterocycles. The molecule has 1 aromatic carbocycles. The van der Waals surface area contributed by atoms with Gasteiger partial charge in [-0.25, -0.2) is 9.97 Å². The number of carbonyl (C=O) groups excluding carboxylic acids is 1. The standard InChI is InChI=1S/C18H21N5O2/c1-22(2)8-9-23-7-6-13-4-5-14(10-16(13)23)21-18(24)17-19-11-15(25-3)12-20-17/h4-7,10-12H,8-9H2,1-3H3,(H,21,24). The maximum atomic E-state index is 12.3. The van der Waals surface area contributed by atoms with Crippen molar-refractivity contribution < 1.29 is 9.53 Å². The lowest BCUT2D eigenvalue weighted by Crippen LogP contribution is -2.18. The molecule has 2 aromatic heterocycles. The summed E-state index contributed by atoms with van der Waals surface area (Å²) >= 11 is 0. The van der Waals surface area contributed by atoms with Gasteiger partial charge in [0.1, 0.15) is 0 Å². The van der Waals surface area contributed by atoms with Gasteiger partial charge in [-0.2, -0.15) is 0 Å². The van der Waals surface area contributed by atoms with E-state index in [2.05, 4.69) is 37.0 Å². The summed E-state index contributed by atoms with van der Waals surface area (Å²) in [6, 6.07) is 7.90. The number of hydrogen-bond donors (Lipinski definition) is 1. The van der Waals surface area contributed by atoms with Gasteiger partial charge in [-0.15, -0.1) is 0 Å². The van der Waals surface area contributed by atoms with Crippen molar-refractivity contribution in [2.24, 2.45) is 0 Å². The monoisotopic (exact) mass is 339 g/mol. The summed E-state index contributed by atoms with van der Waals surface area (Å²) in [4.78, 5) is 22.4. The van der Waals surface area contributed by atoms with Crippen LogP contribution in [-0.4, -0.2) is 53.1 Å². The van der Waals surface area contributed by atoms with Crippen molar-refractivity contribution in [3.8, 4) is 5.75 Å². The largest absolute Gasteiger partial charge is 0.494 e. The van der Waals surface area contributed by atoms with E-state index < -0.39 is 0 Å². The first-order chi connectivity index (χ1) is 12.1. The second-order valence-corrected chi connectivity index (χ2v) is 5.99. The topological polar surface area (TPSA) is 72.3 Å². The highest BCUT2D eigenvalue weighted by molar-refractivity contribution is 6.02. The third-order valence-corrected chi connectivity index (χ3v) is 3.89. The normalized spacial score (nSPS) is 11.0. The average Bonchev–Trinajstić information content (AvgIpc) is 3.02. The van der Waals surface area contributed by atoms with Gasteiger partial charge in [0.25, 0.3) is 5.91 Å². The zero-order valence-corrected chi connectivity index (χ0v) is 14.6. The number of carbonyl (C=O) groups is 1. The smallest absolute Gasteiger partial charge is 0.293 e. The fraction of sp³-hybridized carbons (Fsp3) is 0.278. The van der Waals surface area contributed by atoms with Crippen LogP contribution in [0.5, 0.6) is 5.75 Å². The van der Waals surface area contributed by atoms with Crippen molar-refractivity contribution in [2.75, 3.05) is 33.1 Å². The number of rotatable bonds is 6. The summed E-state index contributed by atoms with van der Waals surface area (Å²) in [5, 5.41) is 3.98. The lowest BCUT2D eigenvalue weighted by atomic mass is 10.2. The fourth-order valence-electron chi connectivity index (χ4n) is 2.49. The summed E-state index contributed by atoms with van der Waals surface area (Å²) in [6.07, 6.45) is 5.00. The number of likely N-dealkylation sites (N-methyl/N-ethyl adjacent to an activating group) is 1. The number of benzene rings is 1. The van der Waals surface area contributed by atoms with Gasteiger partial charge in [-0.1, -0.05) is 6.07 Å². The Kier molecular flexibility index (Phi) is 4.95. The maximum absolute atomic E-state index is 12.3. The number of amides is 1. The Labute approximate surface area is 146 Å². The Morgan fingerprint density at radius 1 is 1.24 bits per heavy atom. The van der Waals surface area contributed by atoms with Crippen LogP contribution in [0.25, 0.3) is 10.9 Å². The Morgan fingerprint density at radius 2 is 2.00 bits per heavy atom. The second-order valence-electron chi connectivity index (χ2n) is 5.99. The van der Waals surface area contributed by atoms with Gasteiger partial charge in [0.15, 0.2) is 5.75 Å². The molecule has 7 heteroatoms. The molecular weight excluding hydrogens is 318 g/mol. The van der Waals surface area contributed by atoms with E-state index in [1.54, 1.807) is 0 Å². The van der Waals surface area contributed by atoms with Gasteiger partial charge < -0.3 is 19.5 Å². The Hall–Kier alpha value is -2.93. The lowest BCUT2D eigenvalue weighted by molar-refractivity contribution is 0.101. The molecule has 1 N–H and O–H groups in total. The van der Waals surface area contributed by atoms with Crippen LogP contribution in [0.3, 0.4) is 0 Å². The molecule has 0 fully saturated rings. The first-order valence-corrected chi connectivity index (χ1v) is 7.98. The number of nitrogens with zero attached hydrogens (tertiary/aromatic N) is 4. The molecule has 0 atom stereocenters. The van der Waals surface area contributed by atoms with Crippen LogP contribution in [0.1, 0.15) is 10.6 Å². The Balaban J connectivity index is 1.78. The number of nitrogens with one attached hydrogen (secondary N) is 1. The van der Waals surface area contributed by atoms with Crippen LogP contribution in [0, 0.1) is 0 Å². The van der Waals surface area contributed by atoms with Crippen LogP contribution in [-0.2, 0) is 6.54 Å². The SMILES string of the molecule is COc1cnc(C(=O)Nc2ccc3ccn(CCN(C)C)c3c2)nc1. The molecule has 3 aromatic rings.